The van der Waals surface area contributed by atoms with Crippen LogP contribution in [0, 0.1) is 6.92 Å². The van der Waals surface area contributed by atoms with Gasteiger partial charge in [-0.3, -0.25) is 14.4 Å². The smallest absolute Gasteiger partial charge is 0.262 e. The number of anilines is 1. The molecule has 1 aliphatic rings. The van der Waals surface area contributed by atoms with Crippen molar-refractivity contribution in [2.45, 2.75) is 6.92 Å². The third-order valence-electron chi connectivity index (χ3n) is 5.24. The van der Waals surface area contributed by atoms with E-state index in [1.54, 1.807) is 54.6 Å². The van der Waals surface area contributed by atoms with Crippen molar-refractivity contribution in [2.75, 3.05) is 19.0 Å². The van der Waals surface area contributed by atoms with E-state index in [1.807, 2.05) is 13.0 Å². The summed E-state index contributed by atoms with van der Waals surface area (Å²) in [6.45, 7) is 1.62. The lowest BCUT2D eigenvalue weighted by atomic mass is 10.1. The first-order chi connectivity index (χ1) is 15.9. The average Bonchev–Trinajstić information content (AvgIpc) is 3.05. The second-order valence-electron chi connectivity index (χ2n) is 7.47. The molecule has 0 aromatic heterocycles. The molecular formula is C26H20ClNO5. The molecule has 6 nitrogen and oxygen atoms in total. The highest BCUT2D eigenvalue weighted by Gasteiger charge is 2.32. The van der Waals surface area contributed by atoms with E-state index in [1.165, 1.54) is 13.2 Å². The second kappa shape index (κ2) is 9.30. The van der Waals surface area contributed by atoms with Crippen molar-refractivity contribution in [3.05, 3.63) is 93.5 Å². The summed E-state index contributed by atoms with van der Waals surface area (Å²) in [6.07, 6.45) is 1.53. The van der Waals surface area contributed by atoms with Crippen molar-refractivity contribution in [3.8, 4) is 11.5 Å². The Kier molecular flexibility index (Phi) is 6.29. The number of halogens is 1. The molecule has 33 heavy (non-hydrogen) atoms. The summed E-state index contributed by atoms with van der Waals surface area (Å²) in [5, 5.41) is 3.28. The minimum absolute atomic E-state index is 0.100. The van der Waals surface area contributed by atoms with Gasteiger partial charge in [-0.15, -0.1) is 0 Å². The van der Waals surface area contributed by atoms with Crippen molar-refractivity contribution in [1.82, 2.24) is 0 Å². The van der Waals surface area contributed by atoms with Crippen molar-refractivity contribution in [2.24, 2.45) is 0 Å². The molecule has 3 aromatic carbocycles. The number of aryl methyl sites for hydroxylation is 1. The Morgan fingerprint density at radius 3 is 2.33 bits per heavy atom. The zero-order chi connectivity index (χ0) is 23.5. The number of carbonyl (C=O) groups excluding carboxylic acids is 3. The molecule has 1 aliphatic carbocycles. The van der Waals surface area contributed by atoms with Crippen LogP contribution in [0.3, 0.4) is 0 Å². The van der Waals surface area contributed by atoms with E-state index < -0.39 is 0 Å². The molecule has 3 aromatic rings. The van der Waals surface area contributed by atoms with Gasteiger partial charge < -0.3 is 14.8 Å². The summed E-state index contributed by atoms with van der Waals surface area (Å²) in [5.74, 6) is -0.240. The molecule has 0 aliphatic heterocycles. The average molecular weight is 462 g/mol. The summed E-state index contributed by atoms with van der Waals surface area (Å²) in [6, 6.07) is 16.9. The summed E-state index contributed by atoms with van der Waals surface area (Å²) < 4.78 is 11.0. The standard InChI is InChI=1S/C26H20ClNO5/c1-15-7-9-17(27)13-21(15)28-24(29)14-33-22-10-8-16(12-23(22)32-2)11-20-25(30)18-5-3-4-6-19(18)26(20)31/h3-13H,14H2,1-2H3,(H,28,29). The van der Waals surface area contributed by atoms with Gasteiger partial charge in [-0.25, -0.2) is 0 Å². The van der Waals surface area contributed by atoms with E-state index >= 15 is 0 Å². The molecule has 4 rings (SSSR count). The highest BCUT2D eigenvalue weighted by Crippen LogP contribution is 2.32. The van der Waals surface area contributed by atoms with Crippen LogP contribution >= 0.6 is 11.6 Å². The molecule has 7 heteroatoms. The van der Waals surface area contributed by atoms with E-state index in [2.05, 4.69) is 5.32 Å². The first-order valence-corrected chi connectivity index (χ1v) is 10.5. The van der Waals surface area contributed by atoms with Crippen LogP contribution in [0.15, 0.2) is 66.2 Å². The van der Waals surface area contributed by atoms with E-state index in [-0.39, 0.29) is 29.7 Å². The normalized spacial score (nSPS) is 12.4. The molecule has 0 atom stereocenters. The zero-order valence-electron chi connectivity index (χ0n) is 18.0. The van der Waals surface area contributed by atoms with Gasteiger partial charge in [0.15, 0.2) is 29.7 Å². The number of hydrogen-bond acceptors (Lipinski definition) is 5. The molecule has 0 bridgehead atoms. The van der Waals surface area contributed by atoms with Gasteiger partial charge in [-0.2, -0.15) is 0 Å². The number of ether oxygens (including phenoxy) is 2. The van der Waals surface area contributed by atoms with Crippen LogP contribution in [0.25, 0.3) is 6.08 Å². The Balaban J connectivity index is 1.48. The van der Waals surface area contributed by atoms with Gasteiger partial charge in [0.2, 0.25) is 0 Å². The lowest BCUT2D eigenvalue weighted by Gasteiger charge is -2.12. The van der Waals surface area contributed by atoms with Crippen LogP contribution < -0.4 is 14.8 Å². The van der Waals surface area contributed by atoms with Crippen LogP contribution in [0.4, 0.5) is 5.69 Å². The monoisotopic (exact) mass is 461 g/mol. The zero-order valence-corrected chi connectivity index (χ0v) is 18.7. The van der Waals surface area contributed by atoms with Crippen molar-refractivity contribution < 1.29 is 23.9 Å². The van der Waals surface area contributed by atoms with Gasteiger partial charge in [0.05, 0.1) is 12.7 Å². The lowest BCUT2D eigenvalue weighted by molar-refractivity contribution is -0.118. The Morgan fingerprint density at radius 2 is 1.67 bits per heavy atom. The maximum absolute atomic E-state index is 12.6. The summed E-state index contributed by atoms with van der Waals surface area (Å²) in [7, 11) is 1.47. The fourth-order valence-electron chi connectivity index (χ4n) is 3.52. The quantitative estimate of drug-likeness (QED) is 0.406. The summed E-state index contributed by atoms with van der Waals surface area (Å²) in [5.41, 5.74) is 2.99. The molecule has 0 saturated heterocycles. The van der Waals surface area contributed by atoms with Gasteiger partial charge in [0, 0.05) is 21.8 Å². The molecular weight excluding hydrogens is 442 g/mol. The second-order valence-corrected chi connectivity index (χ2v) is 7.90. The van der Waals surface area contributed by atoms with Crippen LogP contribution in [0.2, 0.25) is 5.02 Å². The van der Waals surface area contributed by atoms with E-state index in [0.717, 1.165) is 5.56 Å². The van der Waals surface area contributed by atoms with Crippen molar-refractivity contribution >= 4 is 40.8 Å². The molecule has 1 N–H and O–H groups in total. The third kappa shape index (κ3) is 4.66. The number of methoxy groups -OCH3 is 1. The van der Waals surface area contributed by atoms with E-state index in [4.69, 9.17) is 21.1 Å². The van der Waals surface area contributed by atoms with Gasteiger partial charge >= 0.3 is 0 Å². The van der Waals surface area contributed by atoms with Crippen LogP contribution in [0.1, 0.15) is 31.8 Å². The van der Waals surface area contributed by atoms with Gasteiger partial charge in [0.1, 0.15) is 0 Å². The highest BCUT2D eigenvalue weighted by atomic mass is 35.5. The Bertz CT molecular complexity index is 1270. The number of rotatable bonds is 6. The Labute approximate surface area is 195 Å². The molecule has 0 fully saturated rings. The predicted molar refractivity (Wildman–Crippen MR) is 126 cm³/mol. The number of benzene rings is 3. The topological polar surface area (TPSA) is 81.7 Å². The Hall–Kier alpha value is -3.90. The van der Waals surface area contributed by atoms with E-state index in [0.29, 0.717) is 38.9 Å². The molecule has 0 unspecified atom stereocenters. The Morgan fingerprint density at radius 1 is 0.970 bits per heavy atom. The fourth-order valence-corrected chi connectivity index (χ4v) is 3.69. The molecule has 0 saturated carbocycles. The fraction of sp³-hybridized carbons (Fsp3) is 0.115. The maximum Gasteiger partial charge on any atom is 0.262 e. The molecule has 0 radical (unpaired) electrons. The number of carbonyl (C=O) groups is 3. The lowest BCUT2D eigenvalue weighted by Crippen LogP contribution is -2.20. The largest absolute Gasteiger partial charge is 0.493 e. The minimum atomic E-state index is -0.353. The van der Waals surface area contributed by atoms with Crippen molar-refractivity contribution in [3.63, 3.8) is 0 Å². The predicted octanol–water partition coefficient (Wildman–Crippen LogP) is 5.14. The number of allylic oxidation sites excluding steroid dienone is 1. The number of fused-ring (bicyclic) bond motifs is 1. The summed E-state index contributed by atoms with van der Waals surface area (Å²) in [4.78, 5) is 37.5. The first kappa shape index (κ1) is 22.3. The third-order valence-corrected chi connectivity index (χ3v) is 5.47. The summed E-state index contributed by atoms with van der Waals surface area (Å²) >= 11 is 5.99. The number of hydrogen-bond donors (Lipinski definition) is 1. The minimum Gasteiger partial charge on any atom is -0.493 e. The van der Waals surface area contributed by atoms with Crippen LogP contribution in [-0.4, -0.2) is 31.2 Å². The van der Waals surface area contributed by atoms with Crippen LogP contribution in [0.5, 0.6) is 11.5 Å². The molecule has 1 amide bonds. The van der Waals surface area contributed by atoms with E-state index in [9.17, 15) is 14.4 Å². The molecule has 166 valence electrons. The van der Waals surface area contributed by atoms with Gasteiger partial charge in [-0.1, -0.05) is 48.0 Å². The van der Waals surface area contributed by atoms with Gasteiger partial charge in [-0.05, 0) is 48.4 Å². The van der Waals surface area contributed by atoms with Crippen LogP contribution in [-0.2, 0) is 4.79 Å². The molecule has 0 heterocycles. The number of amides is 1. The number of Topliss-reactive ketones (excluding diaryl/α,β-unsaturated/α-hetero) is 2. The number of nitrogens with one attached hydrogen (secondary N) is 1. The van der Waals surface area contributed by atoms with Gasteiger partial charge in [0.25, 0.3) is 5.91 Å². The van der Waals surface area contributed by atoms with Crippen molar-refractivity contribution in [1.29, 1.82) is 0 Å². The first-order valence-electron chi connectivity index (χ1n) is 10.1. The highest BCUT2D eigenvalue weighted by molar-refractivity contribution is 6.41. The molecule has 0 spiro atoms. The number of ketones is 2. The SMILES string of the molecule is COc1cc(C=C2C(=O)c3ccccc3C2=O)ccc1OCC(=O)Nc1cc(Cl)ccc1C. The maximum atomic E-state index is 12.6.